The Balaban J connectivity index is 2.11. The Morgan fingerprint density at radius 1 is 1.17 bits per heavy atom. The van der Waals surface area contributed by atoms with Gasteiger partial charge in [0.2, 0.25) is 0 Å². The summed E-state index contributed by atoms with van der Waals surface area (Å²) in [5, 5.41) is 0. The molecule has 2 aromatic rings. The molecule has 0 bridgehead atoms. The highest BCUT2D eigenvalue weighted by atomic mass is 32.2. The first-order valence-electron chi connectivity index (χ1n) is 7.38. The van der Waals surface area contributed by atoms with Crippen LogP contribution in [-0.2, 0) is 19.3 Å². The molecule has 1 aliphatic heterocycles. The van der Waals surface area contributed by atoms with Crippen LogP contribution in [0.3, 0.4) is 0 Å². The van der Waals surface area contributed by atoms with E-state index in [9.17, 15) is 8.60 Å². The zero-order valence-corrected chi connectivity index (χ0v) is 14.4. The van der Waals surface area contributed by atoms with Gasteiger partial charge >= 0.3 is 0 Å². The largest absolute Gasteiger partial charge is 0.483 e. The highest BCUT2D eigenvalue weighted by molar-refractivity contribution is 7.69. The molecule has 126 valence electrons. The molecule has 0 amide bonds. The van der Waals surface area contributed by atoms with Crippen molar-refractivity contribution in [3.63, 3.8) is 0 Å². The van der Waals surface area contributed by atoms with Gasteiger partial charge in [-0.1, -0.05) is 23.0 Å². The first kappa shape index (κ1) is 16.7. The predicted molar refractivity (Wildman–Crippen MR) is 91.8 cm³/mol. The lowest BCUT2D eigenvalue weighted by Crippen LogP contribution is -2.29. The van der Waals surface area contributed by atoms with Crippen LogP contribution in [0.1, 0.15) is 25.0 Å². The van der Waals surface area contributed by atoms with Gasteiger partial charge in [0.15, 0.2) is 0 Å². The van der Waals surface area contributed by atoms with Crippen LogP contribution in [0.4, 0.5) is 10.1 Å². The fourth-order valence-corrected chi connectivity index (χ4v) is 2.96. The molecular weight excluding hydrogens is 329 g/mol. The maximum absolute atomic E-state index is 13.2. The standard InChI is InChI=1S/C18H17FNO3S/c1-18(2)11-16(12-4-6-13(19)7-5-12)15-9-8-14(10-17(15)23-18)20-24(21)22-3/h4-11H,1-3H3/q-1. The summed E-state index contributed by atoms with van der Waals surface area (Å²) < 4.78 is 39.2. The lowest BCUT2D eigenvalue weighted by molar-refractivity contribution is 0.158. The number of halogens is 1. The summed E-state index contributed by atoms with van der Waals surface area (Å²) in [4.78, 5) is 0. The second-order valence-corrected chi connectivity index (χ2v) is 6.88. The van der Waals surface area contributed by atoms with Crippen LogP contribution < -0.4 is 4.74 Å². The van der Waals surface area contributed by atoms with Gasteiger partial charge in [-0.05, 0) is 55.3 Å². The average Bonchev–Trinajstić information content (AvgIpc) is 2.53. The number of hydrogen-bond donors (Lipinski definition) is 0. The minimum atomic E-state index is -1.73. The molecule has 0 aliphatic carbocycles. The summed E-state index contributed by atoms with van der Waals surface area (Å²) in [7, 11) is -0.406. The molecule has 0 spiro atoms. The van der Waals surface area contributed by atoms with Crippen LogP contribution in [0, 0.1) is 5.82 Å². The highest BCUT2D eigenvalue weighted by Gasteiger charge is 2.27. The lowest BCUT2D eigenvalue weighted by atomic mass is 9.90. The number of nitrogens with zero attached hydrogens (tertiary/aromatic N) is 1. The maximum atomic E-state index is 13.2. The minimum absolute atomic E-state index is 0.276. The molecular formula is C18H17FNO3S-. The maximum Gasteiger partial charge on any atom is 0.130 e. The molecule has 1 heterocycles. The molecule has 0 fully saturated rings. The van der Waals surface area contributed by atoms with E-state index in [0.29, 0.717) is 11.4 Å². The molecule has 0 atom stereocenters. The zero-order valence-electron chi connectivity index (χ0n) is 13.6. The summed E-state index contributed by atoms with van der Waals surface area (Å²) in [5.74, 6) is 0.360. The Morgan fingerprint density at radius 3 is 2.54 bits per heavy atom. The van der Waals surface area contributed by atoms with Crippen LogP contribution >= 0.6 is 0 Å². The number of hydrogen-bond acceptors (Lipinski definition) is 5. The first-order chi connectivity index (χ1) is 11.4. The van der Waals surface area contributed by atoms with E-state index in [1.165, 1.54) is 19.2 Å². The van der Waals surface area contributed by atoms with Gasteiger partial charge in [-0.25, -0.2) is 4.39 Å². The van der Waals surface area contributed by atoms with Crippen molar-refractivity contribution in [2.24, 2.45) is 4.36 Å². The molecule has 1 aliphatic rings. The zero-order chi connectivity index (χ0) is 17.3. The average molecular weight is 346 g/mol. The van der Waals surface area contributed by atoms with Crippen molar-refractivity contribution in [3.8, 4) is 5.75 Å². The quantitative estimate of drug-likeness (QED) is 0.752. The van der Waals surface area contributed by atoms with Crippen molar-refractivity contribution in [1.82, 2.24) is 0 Å². The van der Waals surface area contributed by atoms with Crippen LogP contribution in [0.2, 0.25) is 0 Å². The van der Waals surface area contributed by atoms with Crippen molar-refractivity contribution in [1.29, 1.82) is 0 Å². The molecule has 2 aromatic carbocycles. The van der Waals surface area contributed by atoms with E-state index in [2.05, 4.69) is 8.55 Å². The summed E-state index contributed by atoms with van der Waals surface area (Å²) in [6, 6.07) is 11.7. The van der Waals surface area contributed by atoms with Crippen molar-refractivity contribution in [2.45, 2.75) is 19.4 Å². The minimum Gasteiger partial charge on any atom is -0.483 e. The van der Waals surface area contributed by atoms with Crippen molar-refractivity contribution >= 4 is 22.1 Å². The Kier molecular flexibility index (Phi) is 4.43. The van der Waals surface area contributed by atoms with Crippen LogP contribution in [0.5, 0.6) is 5.75 Å². The van der Waals surface area contributed by atoms with Gasteiger partial charge in [0.25, 0.3) is 0 Å². The van der Waals surface area contributed by atoms with E-state index < -0.39 is 16.5 Å². The SMILES string of the molecule is CO[S-](=O)=Nc1ccc2c(c1)OC(C)(C)C=C2c1ccc(F)cc1. The molecule has 0 N–H and O–H groups in total. The van der Waals surface area contributed by atoms with Crippen LogP contribution in [0.15, 0.2) is 52.9 Å². The normalized spacial score (nSPS) is 16.9. The number of benzene rings is 2. The number of fused-ring (bicyclic) bond motifs is 1. The Bertz CT molecular complexity index is 882. The molecule has 0 aromatic heterocycles. The summed E-state index contributed by atoms with van der Waals surface area (Å²) >= 11 is 0. The highest BCUT2D eigenvalue weighted by Crippen LogP contribution is 2.41. The molecule has 24 heavy (non-hydrogen) atoms. The van der Waals surface area contributed by atoms with Gasteiger partial charge in [-0.2, -0.15) is 0 Å². The van der Waals surface area contributed by atoms with Gasteiger partial charge < -0.3 is 17.5 Å². The van der Waals surface area contributed by atoms with E-state index >= 15 is 0 Å². The fourth-order valence-electron chi connectivity index (χ4n) is 2.60. The molecule has 6 heteroatoms. The van der Waals surface area contributed by atoms with E-state index in [1.807, 2.05) is 26.0 Å². The second kappa shape index (κ2) is 6.37. The molecule has 4 nitrogen and oxygen atoms in total. The van der Waals surface area contributed by atoms with Gasteiger partial charge in [-0.15, -0.1) is 0 Å². The first-order valence-corrected chi connectivity index (χ1v) is 8.41. The third kappa shape index (κ3) is 3.49. The van der Waals surface area contributed by atoms with Crippen molar-refractivity contribution < 1.29 is 17.5 Å². The molecule has 3 rings (SSSR count). The summed E-state index contributed by atoms with van der Waals surface area (Å²) in [6.45, 7) is 3.88. The van der Waals surface area contributed by atoms with Crippen LogP contribution in [0.25, 0.3) is 5.57 Å². The predicted octanol–water partition coefficient (Wildman–Crippen LogP) is 4.77. The third-order valence-electron chi connectivity index (χ3n) is 3.60. The van der Waals surface area contributed by atoms with E-state index in [4.69, 9.17) is 4.74 Å². The third-order valence-corrected chi connectivity index (χ3v) is 4.24. The van der Waals surface area contributed by atoms with Crippen molar-refractivity contribution in [3.05, 3.63) is 65.5 Å². The number of ether oxygens (including phenoxy) is 1. The van der Waals surface area contributed by atoms with Gasteiger partial charge in [-0.3, -0.25) is 0 Å². The Labute approximate surface area is 142 Å². The Hall–Kier alpha value is -2.18. The number of rotatable bonds is 3. The summed E-state index contributed by atoms with van der Waals surface area (Å²) in [6.07, 6.45) is 2.01. The van der Waals surface area contributed by atoms with Gasteiger partial charge in [0.05, 0.1) is 0 Å². The smallest absolute Gasteiger partial charge is 0.130 e. The van der Waals surface area contributed by atoms with Gasteiger partial charge in [0.1, 0.15) is 17.2 Å². The molecule has 0 radical (unpaired) electrons. The van der Waals surface area contributed by atoms with Gasteiger partial charge in [0, 0.05) is 24.4 Å². The van der Waals surface area contributed by atoms with E-state index in [1.54, 1.807) is 24.3 Å². The fraction of sp³-hybridized carbons (Fsp3) is 0.222. The van der Waals surface area contributed by atoms with E-state index in [0.717, 1.165) is 16.7 Å². The Morgan fingerprint density at radius 2 is 1.88 bits per heavy atom. The van der Waals surface area contributed by atoms with E-state index in [-0.39, 0.29) is 5.82 Å². The van der Waals surface area contributed by atoms with Crippen LogP contribution in [-0.4, -0.2) is 12.7 Å². The second-order valence-electron chi connectivity index (χ2n) is 5.93. The topological polar surface area (TPSA) is 47.9 Å². The molecule has 0 saturated carbocycles. The lowest BCUT2D eigenvalue weighted by Gasteiger charge is -2.31. The molecule has 0 unspecified atom stereocenters. The van der Waals surface area contributed by atoms with Crippen molar-refractivity contribution in [2.75, 3.05) is 7.11 Å². The molecule has 0 saturated heterocycles. The summed E-state index contributed by atoms with van der Waals surface area (Å²) in [5.41, 5.74) is 2.71. The monoisotopic (exact) mass is 346 g/mol.